The molecule has 0 aliphatic carbocycles. The quantitative estimate of drug-likeness (QED) is 0.258. The van der Waals surface area contributed by atoms with Gasteiger partial charge in [0.2, 0.25) is 17.7 Å². The fraction of sp³-hybridized carbons (Fsp3) is 0.172. The van der Waals surface area contributed by atoms with E-state index in [0.717, 1.165) is 35.2 Å². The number of imide groups is 1. The van der Waals surface area contributed by atoms with E-state index >= 15 is 0 Å². The molecule has 3 heterocycles. The average Bonchev–Trinajstić information content (AvgIpc) is 3.39. The molecule has 42 heavy (non-hydrogen) atoms. The van der Waals surface area contributed by atoms with Crippen molar-refractivity contribution in [3.8, 4) is 0 Å². The van der Waals surface area contributed by atoms with E-state index in [9.17, 15) is 32.3 Å². The van der Waals surface area contributed by atoms with Crippen molar-refractivity contribution in [1.82, 2.24) is 4.57 Å². The van der Waals surface area contributed by atoms with Gasteiger partial charge in [0.05, 0.1) is 22.2 Å². The number of nitrogens with one attached hydrogen (secondary N) is 1. The molecule has 1 saturated heterocycles. The molecule has 0 radical (unpaired) electrons. The van der Waals surface area contributed by atoms with Crippen molar-refractivity contribution in [2.75, 3.05) is 10.2 Å². The van der Waals surface area contributed by atoms with Crippen molar-refractivity contribution >= 4 is 68.1 Å². The molecule has 3 aromatic carbocycles. The standard InChI is InChI=1S/C29H19BrF3N3O4S2/c30-16-8-6-7-15(13-16)21-22-23(26(39)36(25(22)38)19-12-5-4-11-18(19)29(31,32)33)41-27-24(21)42-28(40)35(27)14-20(37)34-17-9-2-1-3-10-17/h1-13,21-23H,14H2,(H,34,37)/t21-,22-,23+/m0/s1. The second kappa shape index (κ2) is 10.9. The number of aromatic nitrogens is 1. The number of amides is 3. The SMILES string of the molecule is O=C(Cn1c2c(sc1=O)[C@@H](c1cccc(Br)c1)[C@@H]1C(=O)N(c3ccccc3C(F)(F)F)C(=O)[C@@H]1S2)Nc1ccccc1. The summed E-state index contributed by atoms with van der Waals surface area (Å²) in [7, 11) is 0. The van der Waals surface area contributed by atoms with Crippen LogP contribution in [0.3, 0.4) is 0 Å². The van der Waals surface area contributed by atoms with Gasteiger partial charge < -0.3 is 5.32 Å². The Morgan fingerprint density at radius 2 is 1.64 bits per heavy atom. The molecular formula is C29H19BrF3N3O4S2. The zero-order chi connectivity index (χ0) is 29.8. The third-order valence-electron chi connectivity index (χ3n) is 7.07. The van der Waals surface area contributed by atoms with Crippen LogP contribution < -0.4 is 15.1 Å². The zero-order valence-electron chi connectivity index (χ0n) is 21.3. The number of alkyl halides is 3. The van der Waals surface area contributed by atoms with Crippen molar-refractivity contribution in [1.29, 1.82) is 0 Å². The van der Waals surface area contributed by atoms with Gasteiger partial charge >= 0.3 is 11.0 Å². The number of anilines is 2. The van der Waals surface area contributed by atoms with Crippen LogP contribution in [0.4, 0.5) is 24.5 Å². The summed E-state index contributed by atoms with van der Waals surface area (Å²) in [4.78, 5) is 54.6. The van der Waals surface area contributed by atoms with Gasteiger partial charge in [-0.25, -0.2) is 4.90 Å². The van der Waals surface area contributed by atoms with Crippen molar-refractivity contribution in [3.63, 3.8) is 0 Å². The smallest absolute Gasteiger partial charge is 0.325 e. The van der Waals surface area contributed by atoms with Crippen LogP contribution in [0, 0.1) is 5.92 Å². The molecule has 2 aliphatic rings. The number of nitrogens with zero attached hydrogens (tertiary/aromatic N) is 2. The Hall–Kier alpha value is -3.68. The summed E-state index contributed by atoms with van der Waals surface area (Å²) in [5.74, 6) is -3.94. The van der Waals surface area contributed by atoms with Gasteiger partial charge in [-0.3, -0.25) is 23.7 Å². The Labute approximate surface area is 253 Å². The Morgan fingerprint density at radius 1 is 0.929 bits per heavy atom. The van der Waals surface area contributed by atoms with Gasteiger partial charge in [0.1, 0.15) is 11.8 Å². The lowest BCUT2D eigenvalue weighted by Crippen LogP contribution is -2.33. The number of carbonyl (C=O) groups is 3. The van der Waals surface area contributed by atoms with E-state index in [1.54, 1.807) is 54.6 Å². The lowest BCUT2D eigenvalue weighted by molar-refractivity contribution is -0.137. The third kappa shape index (κ3) is 4.99. The number of carbonyl (C=O) groups excluding carboxylic acids is 3. The van der Waals surface area contributed by atoms with E-state index in [-0.39, 0.29) is 6.54 Å². The molecule has 1 fully saturated rings. The van der Waals surface area contributed by atoms with E-state index in [1.165, 1.54) is 16.7 Å². The van der Waals surface area contributed by atoms with E-state index in [2.05, 4.69) is 21.2 Å². The fourth-order valence-corrected chi connectivity index (χ4v) is 8.52. The summed E-state index contributed by atoms with van der Waals surface area (Å²) in [6.07, 6.45) is -4.80. The molecule has 1 N–H and O–H groups in total. The largest absolute Gasteiger partial charge is 0.418 e. The van der Waals surface area contributed by atoms with Crippen molar-refractivity contribution in [3.05, 3.63) is 109 Å². The maximum atomic E-state index is 13.9. The van der Waals surface area contributed by atoms with Gasteiger partial charge in [0.25, 0.3) is 0 Å². The van der Waals surface area contributed by atoms with Crippen molar-refractivity contribution in [2.45, 2.75) is 28.9 Å². The van der Waals surface area contributed by atoms with Gasteiger partial charge in [0.15, 0.2) is 0 Å². The summed E-state index contributed by atoms with van der Waals surface area (Å²) in [6.45, 7) is -0.349. The minimum atomic E-state index is -4.80. The number of thioether (sulfide) groups is 1. The first-order valence-electron chi connectivity index (χ1n) is 12.6. The first kappa shape index (κ1) is 28.4. The lowest BCUT2D eigenvalue weighted by atomic mass is 9.83. The first-order valence-corrected chi connectivity index (χ1v) is 15.1. The second-order valence-corrected chi connectivity index (χ2v) is 12.7. The maximum Gasteiger partial charge on any atom is 0.418 e. The van der Waals surface area contributed by atoms with Crippen LogP contribution in [0.25, 0.3) is 0 Å². The molecule has 2 aliphatic heterocycles. The summed E-state index contributed by atoms with van der Waals surface area (Å²) in [5.41, 5.74) is -0.491. The summed E-state index contributed by atoms with van der Waals surface area (Å²) in [6, 6.07) is 20.2. The highest BCUT2D eigenvalue weighted by Gasteiger charge is 2.57. The molecule has 0 unspecified atom stereocenters. The molecule has 13 heteroatoms. The van der Waals surface area contributed by atoms with Crippen LogP contribution >= 0.6 is 39.0 Å². The van der Waals surface area contributed by atoms with E-state index in [0.29, 0.717) is 30.5 Å². The van der Waals surface area contributed by atoms with Crippen LogP contribution in [0.2, 0.25) is 0 Å². The number of para-hydroxylation sites is 2. The molecule has 0 spiro atoms. The van der Waals surface area contributed by atoms with Gasteiger partial charge in [-0.2, -0.15) is 13.2 Å². The highest BCUT2D eigenvalue weighted by Crippen LogP contribution is 2.54. The van der Waals surface area contributed by atoms with Crippen LogP contribution in [0.15, 0.2) is 93.2 Å². The molecule has 6 rings (SSSR count). The third-order valence-corrected chi connectivity index (χ3v) is 10.2. The van der Waals surface area contributed by atoms with Crippen molar-refractivity contribution < 1.29 is 27.6 Å². The van der Waals surface area contributed by atoms with E-state index in [1.807, 2.05) is 0 Å². The van der Waals surface area contributed by atoms with E-state index in [4.69, 9.17) is 0 Å². The highest BCUT2D eigenvalue weighted by molar-refractivity contribution is 9.10. The fourth-order valence-electron chi connectivity index (χ4n) is 5.33. The molecule has 214 valence electrons. The number of hydrogen-bond acceptors (Lipinski definition) is 6. The number of thiazole rings is 1. The molecule has 1 aromatic heterocycles. The maximum absolute atomic E-state index is 13.9. The molecule has 3 amide bonds. The normalized spacial score (nSPS) is 19.9. The van der Waals surface area contributed by atoms with Crippen LogP contribution in [-0.4, -0.2) is 27.5 Å². The van der Waals surface area contributed by atoms with Gasteiger partial charge in [-0.05, 0) is 42.0 Å². The average molecular weight is 675 g/mol. The van der Waals surface area contributed by atoms with Crippen LogP contribution in [0.5, 0.6) is 0 Å². The van der Waals surface area contributed by atoms with Gasteiger partial charge in [-0.15, -0.1) is 0 Å². The Balaban J connectivity index is 1.45. The minimum Gasteiger partial charge on any atom is -0.325 e. The molecular weight excluding hydrogens is 655 g/mol. The zero-order valence-corrected chi connectivity index (χ0v) is 24.5. The predicted molar refractivity (Wildman–Crippen MR) is 157 cm³/mol. The monoisotopic (exact) mass is 673 g/mol. The number of rotatable bonds is 5. The Bertz CT molecular complexity index is 1790. The predicted octanol–water partition coefficient (Wildman–Crippen LogP) is 6.13. The first-order chi connectivity index (χ1) is 20.0. The lowest BCUT2D eigenvalue weighted by Gasteiger charge is -2.30. The molecule has 3 atom stereocenters. The minimum absolute atomic E-state index is 0.339. The molecule has 0 bridgehead atoms. The topological polar surface area (TPSA) is 88.5 Å². The van der Waals surface area contributed by atoms with Gasteiger partial charge in [0, 0.05) is 21.0 Å². The Morgan fingerprint density at radius 3 is 2.36 bits per heavy atom. The van der Waals surface area contributed by atoms with Crippen LogP contribution in [-0.2, 0) is 27.1 Å². The summed E-state index contributed by atoms with van der Waals surface area (Å²) >= 11 is 5.22. The molecule has 0 saturated carbocycles. The molecule has 4 aromatic rings. The van der Waals surface area contributed by atoms with Crippen molar-refractivity contribution in [2.24, 2.45) is 5.92 Å². The van der Waals surface area contributed by atoms with Crippen LogP contribution in [0.1, 0.15) is 21.9 Å². The number of fused-ring (bicyclic) bond motifs is 2. The Kier molecular flexibility index (Phi) is 7.36. The number of benzene rings is 3. The second-order valence-electron chi connectivity index (χ2n) is 9.66. The molecule has 7 nitrogen and oxygen atoms in total. The summed E-state index contributed by atoms with van der Waals surface area (Å²) < 4.78 is 43.7. The van der Waals surface area contributed by atoms with Gasteiger partial charge in [-0.1, -0.05) is 81.5 Å². The number of halogens is 4. The highest BCUT2D eigenvalue weighted by atomic mass is 79.9. The number of hydrogen-bond donors (Lipinski definition) is 1. The van der Waals surface area contributed by atoms with E-state index < -0.39 is 57.1 Å². The summed E-state index contributed by atoms with van der Waals surface area (Å²) in [5, 5.41) is 1.95.